The van der Waals surface area contributed by atoms with Crippen molar-refractivity contribution in [3.8, 4) is 22.5 Å². The van der Waals surface area contributed by atoms with Gasteiger partial charge in [0.25, 0.3) is 11.3 Å². The van der Waals surface area contributed by atoms with Crippen molar-refractivity contribution in [1.82, 2.24) is 9.13 Å². The van der Waals surface area contributed by atoms with Gasteiger partial charge in [0.1, 0.15) is 12.4 Å². The highest BCUT2D eigenvalue weighted by molar-refractivity contribution is 5.84. The molecule has 0 aliphatic carbocycles. The Balaban J connectivity index is 1.14. The maximum atomic E-state index is 4.24. The lowest BCUT2D eigenvalue weighted by Gasteiger charge is -1.99. The molecule has 0 aliphatic rings. The molecule has 174 valence electrons. The summed E-state index contributed by atoms with van der Waals surface area (Å²) in [4.78, 5) is 0. The van der Waals surface area contributed by atoms with E-state index < -0.39 is 0 Å². The first kappa shape index (κ1) is 21.7. The van der Waals surface area contributed by atoms with Crippen molar-refractivity contribution in [2.75, 3.05) is 0 Å². The average molecular weight is 471 g/mol. The van der Waals surface area contributed by atoms with Crippen LogP contribution in [0.4, 0.5) is 0 Å². The number of aryl methyl sites for hydroxylation is 2. The zero-order valence-electron chi connectivity index (χ0n) is 20.2. The van der Waals surface area contributed by atoms with Crippen molar-refractivity contribution in [2.24, 2.45) is 24.3 Å². The molecule has 6 aromatic rings. The van der Waals surface area contributed by atoms with E-state index in [2.05, 4.69) is 140 Å². The summed E-state index contributed by atoms with van der Waals surface area (Å²) in [5, 5.41) is 8.49. The number of imidazole rings is 2. The highest BCUT2D eigenvalue weighted by atomic mass is 15.2. The van der Waals surface area contributed by atoms with Crippen LogP contribution in [0.3, 0.4) is 0 Å². The molecule has 0 atom stereocenters. The zero-order chi connectivity index (χ0) is 24.5. The van der Waals surface area contributed by atoms with Crippen molar-refractivity contribution in [2.45, 2.75) is 0 Å². The van der Waals surface area contributed by atoms with Gasteiger partial charge in [-0.15, -0.1) is 0 Å². The Labute approximate surface area is 209 Å². The summed E-state index contributed by atoms with van der Waals surface area (Å²) in [5.74, 6) is 0. The minimum Gasteiger partial charge on any atom is -0.226 e. The highest BCUT2D eigenvalue weighted by Gasteiger charge is 2.16. The normalized spacial score (nSPS) is 11.9. The zero-order valence-corrected chi connectivity index (χ0v) is 20.2. The molecule has 6 nitrogen and oxygen atoms in total. The van der Waals surface area contributed by atoms with Crippen LogP contribution in [0.1, 0.15) is 11.1 Å². The van der Waals surface area contributed by atoms with Gasteiger partial charge in [-0.2, -0.15) is 10.2 Å². The van der Waals surface area contributed by atoms with Crippen LogP contribution in [-0.4, -0.2) is 21.6 Å². The van der Waals surface area contributed by atoms with Gasteiger partial charge in [0, 0.05) is 23.3 Å². The Bertz CT molecular complexity index is 1600. The predicted octanol–water partition coefficient (Wildman–Crippen LogP) is 4.63. The Kier molecular flexibility index (Phi) is 5.46. The first-order valence-corrected chi connectivity index (χ1v) is 11.9. The quantitative estimate of drug-likeness (QED) is 0.200. The molecule has 0 saturated heterocycles. The lowest BCUT2D eigenvalue weighted by Crippen LogP contribution is -2.17. The minimum absolute atomic E-state index is 1.01. The van der Waals surface area contributed by atoms with E-state index >= 15 is 0 Å². The molecule has 0 unspecified atom stereocenters. The molecule has 2 aromatic carbocycles. The van der Waals surface area contributed by atoms with E-state index in [9.17, 15) is 0 Å². The second kappa shape index (κ2) is 9.07. The van der Waals surface area contributed by atoms with E-state index in [0.29, 0.717) is 0 Å². The monoisotopic (exact) mass is 470 g/mol. The number of pyridine rings is 2. The Morgan fingerprint density at radius 2 is 0.972 bits per heavy atom. The summed E-state index contributed by atoms with van der Waals surface area (Å²) < 4.78 is 8.65. The average Bonchev–Trinajstić information content (AvgIpc) is 3.44. The molecule has 0 amide bonds. The molecule has 4 heterocycles. The maximum Gasteiger partial charge on any atom is 0.286 e. The lowest BCUT2D eigenvalue weighted by molar-refractivity contribution is -0.510. The van der Waals surface area contributed by atoms with Crippen LogP contribution in [0.15, 0.2) is 120 Å². The fourth-order valence-electron chi connectivity index (χ4n) is 4.58. The van der Waals surface area contributed by atoms with Crippen molar-refractivity contribution in [3.63, 3.8) is 0 Å². The van der Waals surface area contributed by atoms with Crippen LogP contribution < -0.4 is 8.80 Å². The SMILES string of the molecule is Cn1c(-c2ccc(/C=N/N=C/c3ccc(-c4c[n+]5ccccc5n4C)cc3)cc2)c[n+]2ccccc12. The molecule has 0 aliphatic heterocycles. The molecule has 0 spiro atoms. The van der Waals surface area contributed by atoms with Crippen molar-refractivity contribution < 1.29 is 8.80 Å². The van der Waals surface area contributed by atoms with Crippen LogP contribution in [0, 0.1) is 0 Å². The largest absolute Gasteiger partial charge is 0.286 e. The van der Waals surface area contributed by atoms with Gasteiger partial charge in [-0.25, -0.2) is 17.9 Å². The van der Waals surface area contributed by atoms with Crippen molar-refractivity contribution >= 4 is 23.7 Å². The number of hydrogen-bond acceptors (Lipinski definition) is 2. The number of rotatable bonds is 5. The van der Waals surface area contributed by atoms with Gasteiger partial charge in [-0.1, -0.05) is 36.4 Å². The minimum atomic E-state index is 1.01. The number of benzene rings is 2. The third-order valence-corrected chi connectivity index (χ3v) is 6.56. The summed E-state index contributed by atoms with van der Waals surface area (Å²) >= 11 is 0. The number of nitrogens with zero attached hydrogens (tertiary/aromatic N) is 6. The first-order chi connectivity index (χ1) is 17.7. The van der Waals surface area contributed by atoms with Gasteiger partial charge < -0.3 is 0 Å². The van der Waals surface area contributed by atoms with E-state index in [-0.39, 0.29) is 0 Å². The summed E-state index contributed by atoms with van der Waals surface area (Å²) in [6.07, 6.45) is 12.0. The molecule has 36 heavy (non-hydrogen) atoms. The Morgan fingerprint density at radius 3 is 1.36 bits per heavy atom. The third-order valence-electron chi connectivity index (χ3n) is 6.56. The molecule has 0 radical (unpaired) electrons. The van der Waals surface area contributed by atoms with Gasteiger partial charge in [0.15, 0.2) is 11.4 Å². The van der Waals surface area contributed by atoms with Crippen molar-refractivity contribution in [1.29, 1.82) is 0 Å². The Hall–Kier alpha value is -4.84. The fraction of sp³-hybridized carbons (Fsp3) is 0.0667. The molecule has 0 fully saturated rings. The van der Waals surface area contributed by atoms with Crippen LogP contribution in [0.2, 0.25) is 0 Å². The van der Waals surface area contributed by atoms with Gasteiger partial charge in [0.2, 0.25) is 0 Å². The van der Waals surface area contributed by atoms with Crippen molar-refractivity contribution in [3.05, 3.63) is 121 Å². The first-order valence-electron chi connectivity index (χ1n) is 11.9. The van der Waals surface area contributed by atoms with E-state index in [0.717, 1.165) is 44.9 Å². The molecular formula is C30H26N6+2. The molecule has 6 rings (SSSR count). The second-order valence-corrected chi connectivity index (χ2v) is 8.81. The summed E-state index contributed by atoms with van der Waals surface area (Å²) in [6, 6.07) is 29.1. The standard InChI is InChI=1S/C30H26N6/c1-33-27(21-35-17-5-3-7-29(33)35)25-13-9-23(10-14-25)19-31-32-20-24-11-15-26(16-12-24)28-22-36-18-6-4-8-30(36)34(28)2/h3-22H,1-2H3/q+2/b31-19+,32-20+. The molecule has 0 saturated carbocycles. The van der Waals surface area contributed by atoms with Crippen LogP contribution in [0.5, 0.6) is 0 Å². The molecule has 0 N–H and O–H groups in total. The van der Waals surface area contributed by atoms with Gasteiger partial charge >= 0.3 is 0 Å². The van der Waals surface area contributed by atoms with Gasteiger partial charge in [-0.05, 0) is 47.5 Å². The van der Waals surface area contributed by atoms with E-state index in [4.69, 9.17) is 0 Å². The van der Waals surface area contributed by atoms with E-state index in [1.54, 1.807) is 12.4 Å². The van der Waals surface area contributed by atoms with Crippen LogP contribution >= 0.6 is 0 Å². The fourth-order valence-corrected chi connectivity index (χ4v) is 4.58. The summed E-state index contributed by atoms with van der Waals surface area (Å²) in [6.45, 7) is 0. The molecule has 0 bridgehead atoms. The summed E-state index contributed by atoms with van der Waals surface area (Å²) in [5.41, 5.74) is 8.95. The van der Waals surface area contributed by atoms with Crippen LogP contribution in [-0.2, 0) is 14.1 Å². The molecular weight excluding hydrogens is 444 g/mol. The maximum absolute atomic E-state index is 4.24. The molecule has 4 aromatic heterocycles. The summed E-state index contributed by atoms with van der Waals surface area (Å²) in [7, 11) is 4.17. The van der Waals surface area contributed by atoms with Crippen LogP contribution in [0.25, 0.3) is 33.8 Å². The third kappa shape index (κ3) is 3.99. The van der Waals surface area contributed by atoms with Gasteiger partial charge in [0.05, 0.1) is 38.9 Å². The second-order valence-electron chi connectivity index (χ2n) is 8.81. The van der Waals surface area contributed by atoms with E-state index in [1.165, 1.54) is 0 Å². The highest BCUT2D eigenvalue weighted by Crippen LogP contribution is 2.21. The van der Waals surface area contributed by atoms with Gasteiger partial charge in [-0.3, -0.25) is 0 Å². The Morgan fingerprint density at radius 1 is 0.556 bits per heavy atom. The lowest BCUT2D eigenvalue weighted by atomic mass is 10.1. The number of aromatic nitrogens is 4. The molecule has 6 heteroatoms. The topological polar surface area (TPSA) is 42.8 Å². The predicted molar refractivity (Wildman–Crippen MR) is 143 cm³/mol. The van der Waals surface area contributed by atoms with E-state index in [1.807, 2.05) is 12.1 Å². The smallest absolute Gasteiger partial charge is 0.226 e. The number of fused-ring (bicyclic) bond motifs is 2. The number of hydrogen-bond donors (Lipinski definition) is 0.